The predicted octanol–water partition coefficient (Wildman–Crippen LogP) is 2.72. The van der Waals surface area contributed by atoms with Gasteiger partial charge in [-0.1, -0.05) is 0 Å². The van der Waals surface area contributed by atoms with E-state index in [4.69, 9.17) is 10.8 Å². The number of benzene rings is 1. The van der Waals surface area contributed by atoms with Crippen molar-refractivity contribution in [3.8, 4) is 0 Å². The van der Waals surface area contributed by atoms with E-state index in [2.05, 4.69) is 0 Å². The fourth-order valence-corrected chi connectivity index (χ4v) is 2.23. The summed E-state index contributed by atoms with van der Waals surface area (Å²) in [6.07, 6.45) is 2.10. The lowest BCUT2D eigenvalue weighted by Crippen LogP contribution is -2.14. The van der Waals surface area contributed by atoms with Crippen molar-refractivity contribution < 1.29 is 14.3 Å². The number of aryl methyl sites for hydroxylation is 1. The van der Waals surface area contributed by atoms with Crippen LogP contribution in [0, 0.1) is 12.7 Å². The van der Waals surface area contributed by atoms with Crippen molar-refractivity contribution in [3.63, 3.8) is 0 Å². The van der Waals surface area contributed by atoms with Crippen LogP contribution < -0.4 is 5.73 Å². The van der Waals surface area contributed by atoms with Crippen LogP contribution in [-0.4, -0.2) is 17.3 Å². The van der Waals surface area contributed by atoms with Crippen LogP contribution in [-0.2, 0) is 4.79 Å². The molecule has 0 aliphatic rings. The third-order valence-electron chi connectivity index (χ3n) is 2.58. The smallest absolute Gasteiger partial charge is 0.303 e. The number of thioether (sulfide) groups is 1. The Labute approximate surface area is 104 Å². The highest BCUT2D eigenvalue weighted by molar-refractivity contribution is 7.98. The summed E-state index contributed by atoms with van der Waals surface area (Å²) in [5, 5.41) is 8.57. The Kier molecular flexibility index (Phi) is 4.96. The van der Waals surface area contributed by atoms with Crippen molar-refractivity contribution in [1.29, 1.82) is 0 Å². The van der Waals surface area contributed by atoms with Gasteiger partial charge in [0.05, 0.1) is 0 Å². The highest BCUT2D eigenvalue weighted by Gasteiger charge is 2.15. The van der Waals surface area contributed by atoms with Crippen molar-refractivity contribution in [2.75, 3.05) is 6.26 Å². The minimum atomic E-state index is -0.918. The van der Waals surface area contributed by atoms with Gasteiger partial charge in [-0.15, -0.1) is 11.8 Å². The van der Waals surface area contributed by atoms with Gasteiger partial charge in [0.2, 0.25) is 0 Å². The number of carbonyl (C=O) groups is 1. The average molecular weight is 257 g/mol. The molecular weight excluding hydrogens is 241 g/mol. The molecule has 3 nitrogen and oxygen atoms in total. The molecule has 1 rings (SSSR count). The molecule has 0 aliphatic heterocycles. The summed E-state index contributed by atoms with van der Waals surface area (Å²) in [5.41, 5.74) is 7.06. The molecule has 0 spiro atoms. The second kappa shape index (κ2) is 6.02. The lowest BCUT2D eigenvalue weighted by Gasteiger charge is -2.14. The molecule has 0 amide bonds. The van der Waals surface area contributed by atoms with E-state index in [1.807, 2.05) is 13.2 Å². The maximum Gasteiger partial charge on any atom is 0.303 e. The highest BCUT2D eigenvalue weighted by Crippen LogP contribution is 2.27. The number of carboxylic acid groups (broad SMARTS) is 1. The van der Waals surface area contributed by atoms with E-state index < -0.39 is 12.0 Å². The molecule has 0 fully saturated rings. The standard InChI is InChI=1S/C12H16FNO2S/c1-7-5-9(13)8(6-11(7)17-2)10(14)3-4-12(15)16/h5-6,10H,3-4,14H2,1-2H3,(H,15,16). The monoisotopic (exact) mass is 257 g/mol. The van der Waals surface area contributed by atoms with Crippen molar-refractivity contribution in [2.24, 2.45) is 5.73 Å². The van der Waals surface area contributed by atoms with Crippen LogP contribution in [0.25, 0.3) is 0 Å². The van der Waals surface area contributed by atoms with Crippen LogP contribution in [0.2, 0.25) is 0 Å². The molecule has 0 aliphatic carbocycles. The minimum absolute atomic E-state index is 0.0525. The van der Waals surface area contributed by atoms with Crippen LogP contribution in [0.4, 0.5) is 4.39 Å². The number of rotatable bonds is 5. The maximum atomic E-state index is 13.7. The van der Waals surface area contributed by atoms with Crippen LogP contribution >= 0.6 is 11.8 Å². The topological polar surface area (TPSA) is 63.3 Å². The van der Waals surface area contributed by atoms with Gasteiger partial charge in [-0.05, 0) is 37.3 Å². The Morgan fingerprint density at radius 1 is 1.59 bits per heavy atom. The predicted molar refractivity (Wildman–Crippen MR) is 66.7 cm³/mol. The second-order valence-electron chi connectivity index (χ2n) is 3.88. The zero-order chi connectivity index (χ0) is 13.0. The molecule has 5 heteroatoms. The first-order valence-electron chi connectivity index (χ1n) is 5.27. The number of hydrogen-bond acceptors (Lipinski definition) is 3. The largest absolute Gasteiger partial charge is 0.481 e. The van der Waals surface area contributed by atoms with Gasteiger partial charge >= 0.3 is 5.97 Å². The molecule has 0 bridgehead atoms. The molecule has 1 aromatic rings. The minimum Gasteiger partial charge on any atom is -0.481 e. The van der Waals surface area contributed by atoms with Crippen molar-refractivity contribution in [2.45, 2.75) is 30.7 Å². The van der Waals surface area contributed by atoms with Gasteiger partial charge in [0.15, 0.2) is 0 Å². The van der Waals surface area contributed by atoms with Gasteiger partial charge in [-0.3, -0.25) is 4.79 Å². The molecule has 17 heavy (non-hydrogen) atoms. The quantitative estimate of drug-likeness (QED) is 0.796. The Balaban J connectivity index is 2.92. The number of hydrogen-bond donors (Lipinski definition) is 2. The summed E-state index contributed by atoms with van der Waals surface area (Å²) < 4.78 is 13.7. The summed E-state index contributed by atoms with van der Waals surface area (Å²) in [5.74, 6) is -1.28. The normalized spacial score (nSPS) is 12.5. The fourth-order valence-electron chi connectivity index (χ4n) is 1.61. The zero-order valence-corrected chi connectivity index (χ0v) is 10.7. The first kappa shape index (κ1) is 14.0. The van der Waals surface area contributed by atoms with Gasteiger partial charge in [-0.25, -0.2) is 4.39 Å². The van der Waals surface area contributed by atoms with Gasteiger partial charge in [0, 0.05) is 22.9 Å². The molecular formula is C12H16FNO2S. The van der Waals surface area contributed by atoms with E-state index in [1.54, 1.807) is 6.07 Å². The van der Waals surface area contributed by atoms with Crippen LogP contribution in [0.15, 0.2) is 17.0 Å². The summed E-state index contributed by atoms with van der Waals surface area (Å²) in [6.45, 7) is 1.83. The number of aliphatic carboxylic acids is 1. The lowest BCUT2D eigenvalue weighted by molar-refractivity contribution is -0.137. The highest BCUT2D eigenvalue weighted by atomic mass is 32.2. The Morgan fingerprint density at radius 3 is 2.76 bits per heavy atom. The number of carboxylic acids is 1. The third-order valence-corrected chi connectivity index (χ3v) is 3.46. The van der Waals surface area contributed by atoms with Crippen LogP contribution in [0.5, 0.6) is 0 Å². The van der Waals surface area contributed by atoms with E-state index in [1.165, 1.54) is 17.8 Å². The molecule has 0 radical (unpaired) electrons. The Bertz CT molecular complexity index is 423. The van der Waals surface area contributed by atoms with Crippen molar-refractivity contribution in [1.82, 2.24) is 0 Å². The van der Waals surface area contributed by atoms with E-state index >= 15 is 0 Å². The number of nitrogens with two attached hydrogens (primary N) is 1. The SMILES string of the molecule is CSc1cc(C(N)CCC(=O)O)c(F)cc1C. The first-order chi connectivity index (χ1) is 7.95. The van der Waals surface area contributed by atoms with Crippen molar-refractivity contribution >= 4 is 17.7 Å². The molecule has 3 N–H and O–H groups in total. The molecule has 1 unspecified atom stereocenters. The molecule has 0 aromatic heterocycles. The molecule has 1 atom stereocenters. The first-order valence-corrected chi connectivity index (χ1v) is 6.49. The number of halogens is 1. The average Bonchev–Trinajstić information content (AvgIpc) is 2.26. The van der Waals surface area contributed by atoms with E-state index in [0.717, 1.165) is 10.5 Å². The second-order valence-corrected chi connectivity index (χ2v) is 4.73. The van der Waals surface area contributed by atoms with Crippen LogP contribution in [0.1, 0.15) is 30.0 Å². The molecule has 0 saturated carbocycles. The van der Waals surface area contributed by atoms with Gasteiger partial charge < -0.3 is 10.8 Å². The van der Waals surface area contributed by atoms with Gasteiger partial charge in [0.25, 0.3) is 0 Å². The van der Waals surface area contributed by atoms with Crippen molar-refractivity contribution in [3.05, 3.63) is 29.1 Å². The molecule has 0 heterocycles. The fraction of sp³-hybridized carbons (Fsp3) is 0.417. The molecule has 94 valence electrons. The molecule has 0 saturated heterocycles. The zero-order valence-electron chi connectivity index (χ0n) is 9.87. The summed E-state index contributed by atoms with van der Waals surface area (Å²) in [6, 6.07) is 2.58. The summed E-state index contributed by atoms with van der Waals surface area (Å²) in [4.78, 5) is 11.4. The molecule has 1 aromatic carbocycles. The maximum absolute atomic E-state index is 13.7. The summed E-state index contributed by atoms with van der Waals surface area (Å²) in [7, 11) is 0. The Morgan fingerprint density at radius 2 is 2.24 bits per heavy atom. The van der Waals surface area contributed by atoms with E-state index in [9.17, 15) is 9.18 Å². The van der Waals surface area contributed by atoms with Crippen LogP contribution in [0.3, 0.4) is 0 Å². The third kappa shape index (κ3) is 3.71. The van der Waals surface area contributed by atoms with Gasteiger partial charge in [-0.2, -0.15) is 0 Å². The summed E-state index contributed by atoms with van der Waals surface area (Å²) >= 11 is 1.52. The lowest BCUT2D eigenvalue weighted by atomic mass is 10.0. The van der Waals surface area contributed by atoms with E-state index in [-0.39, 0.29) is 18.7 Å². The van der Waals surface area contributed by atoms with Gasteiger partial charge in [0.1, 0.15) is 5.82 Å². The van der Waals surface area contributed by atoms with E-state index in [0.29, 0.717) is 5.56 Å². The Hall–Kier alpha value is -1.07.